The van der Waals surface area contributed by atoms with Crippen LogP contribution in [0.2, 0.25) is 0 Å². The predicted octanol–water partition coefficient (Wildman–Crippen LogP) is 1.17. The van der Waals surface area contributed by atoms with Crippen LogP contribution in [-0.2, 0) is 14.6 Å². The Hall–Kier alpha value is -1.89. The van der Waals surface area contributed by atoms with Gasteiger partial charge in [0.1, 0.15) is 5.54 Å². The highest BCUT2D eigenvalue weighted by Gasteiger charge is 2.46. The van der Waals surface area contributed by atoms with Gasteiger partial charge in [0.15, 0.2) is 9.84 Å². The van der Waals surface area contributed by atoms with Gasteiger partial charge in [0.25, 0.3) is 5.91 Å². The highest BCUT2D eigenvalue weighted by Crippen LogP contribution is 2.30. The van der Waals surface area contributed by atoms with E-state index in [0.717, 1.165) is 6.26 Å². The monoisotopic (exact) mass is 311 g/mol. The Morgan fingerprint density at radius 3 is 2.29 bits per heavy atom. The fraction of sp³-hybridized carbons (Fsp3) is 0.429. The van der Waals surface area contributed by atoms with Crippen molar-refractivity contribution in [2.75, 3.05) is 12.8 Å². The molecule has 0 spiro atoms. The zero-order valence-electron chi connectivity index (χ0n) is 11.9. The highest BCUT2D eigenvalue weighted by atomic mass is 32.2. The summed E-state index contributed by atoms with van der Waals surface area (Å²) in [4.78, 5) is 25.3. The zero-order valence-corrected chi connectivity index (χ0v) is 12.7. The third-order valence-corrected chi connectivity index (χ3v) is 5.00. The second-order valence-electron chi connectivity index (χ2n) is 5.44. The molecule has 1 atom stereocenters. The number of likely N-dealkylation sites (tertiary alicyclic amines) is 1. The number of nitrogens with zero attached hydrogens (tertiary/aromatic N) is 1. The van der Waals surface area contributed by atoms with E-state index in [1.54, 1.807) is 0 Å². The molecule has 114 valence electrons. The van der Waals surface area contributed by atoms with E-state index in [-0.39, 0.29) is 10.5 Å². The molecule has 7 heteroatoms. The Kier molecular flexibility index (Phi) is 3.79. The van der Waals surface area contributed by atoms with Gasteiger partial charge in [0.2, 0.25) is 0 Å². The molecular formula is C14H17NO5S. The highest BCUT2D eigenvalue weighted by molar-refractivity contribution is 7.90. The van der Waals surface area contributed by atoms with Gasteiger partial charge in [-0.3, -0.25) is 4.79 Å². The molecule has 2 rings (SSSR count). The van der Waals surface area contributed by atoms with E-state index >= 15 is 0 Å². The summed E-state index contributed by atoms with van der Waals surface area (Å²) in [5, 5.41) is 9.32. The average Bonchev–Trinajstić information content (AvgIpc) is 2.80. The van der Waals surface area contributed by atoms with Gasteiger partial charge >= 0.3 is 5.97 Å². The van der Waals surface area contributed by atoms with Crippen LogP contribution in [0.4, 0.5) is 0 Å². The van der Waals surface area contributed by atoms with Crippen LogP contribution >= 0.6 is 0 Å². The van der Waals surface area contributed by atoms with Gasteiger partial charge in [0.05, 0.1) is 4.90 Å². The summed E-state index contributed by atoms with van der Waals surface area (Å²) >= 11 is 0. The first-order valence-electron chi connectivity index (χ1n) is 6.52. The molecule has 21 heavy (non-hydrogen) atoms. The van der Waals surface area contributed by atoms with Gasteiger partial charge in [-0.1, -0.05) is 0 Å². The molecule has 0 radical (unpaired) electrons. The molecule has 0 aliphatic carbocycles. The van der Waals surface area contributed by atoms with E-state index in [2.05, 4.69) is 0 Å². The Labute approximate surface area is 123 Å². The molecule has 0 saturated carbocycles. The van der Waals surface area contributed by atoms with E-state index in [4.69, 9.17) is 0 Å². The molecule has 1 unspecified atom stereocenters. The first-order valence-corrected chi connectivity index (χ1v) is 8.41. The molecule has 1 fully saturated rings. The van der Waals surface area contributed by atoms with Crippen molar-refractivity contribution in [2.24, 2.45) is 0 Å². The van der Waals surface area contributed by atoms with Gasteiger partial charge in [0, 0.05) is 18.4 Å². The first-order chi connectivity index (χ1) is 9.66. The molecule has 0 aromatic heterocycles. The molecule has 1 N–H and O–H groups in total. The quantitative estimate of drug-likeness (QED) is 0.904. The van der Waals surface area contributed by atoms with Gasteiger partial charge < -0.3 is 10.0 Å². The smallest absolute Gasteiger partial charge is 0.329 e. The molecule has 1 aromatic carbocycles. The van der Waals surface area contributed by atoms with E-state index in [1.807, 2.05) is 0 Å². The average molecular weight is 311 g/mol. The van der Waals surface area contributed by atoms with Crippen LogP contribution in [0.15, 0.2) is 29.2 Å². The molecule has 0 bridgehead atoms. The van der Waals surface area contributed by atoms with E-state index in [1.165, 1.54) is 36.1 Å². The standard InChI is InChI=1S/C14H17NO5S/c1-14(13(17)18)8-3-9-15(14)12(16)10-4-6-11(7-5-10)21(2,19)20/h4-7H,3,8-9H2,1-2H3,(H,17,18). The molecule has 1 aliphatic heterocycles. The second kappa shape index (κ2) is 5.14. The Balaban J connectivity index is 2.30. The van der Waals surface area contributed by atoms with Gasteiger partial charge in [-0.2, -0.15) is 0 Å². The van der Waals surface area contributed by atoms with Gasteiger partial charge in [-0.25, -0.2) is 13.2 Å². The topological polar surface area (TPSA) is 91.8 Å². The lowest BCUT2D eigenvalue weighted by Crippen LogP contribution is -2.50. The minimum atomic E-state index is -3.32. The van der Waals surface area contributed by atoms with Crippen LogP contribution in [0.1, 0.15) is 30.1 Å². The lowest BCUT2D eigenvalue weighted by molar-refractivity contribution is -0.147. The number of benzene rings is 1. The fourth-order valence-electron chi connectivity index (χ4n) is 2.51. The normalized spacial score (nSPS) is 22.3. The van der Waals surface area contributed by atoms with Crippen LogP contribution in [0.25, 0.3) is 0 Å². The number of carbonyl (C=O) groups is 2. The second-order valence-corrected chi connectivity index (χ2v) is 7.45. The third kappa shape index (κ3) is 2.78. The molecule has 1 aromatic rings. The molecule has 6 nitrogen and oxygen atoms in total. The summed E-state index contributed by atoms with van der Waals surface area (Å²) in [6.07, 6.45) is 2.14. The Bertz CT molecular complexity index is 680. The molecule has 1 saturated heterocycles. The number of sulfone groups is 1. The number of carboxylic acids is 1. The Morgan fingerprint density at radius 2 is 1.81 bits per heavy atom. The van der Waals surface area contributed by atoms with Crippen molar-refractivity contribution in [3.05, 3.63) is 29.8 Å². The number of carbonyl (C=O) groups excluding carboxylic acids is 1. The van der Waals surface area contributed by atoms with Crippen molar-refractivity contribution >= 4 is 21.7 Å². The van der Waals surface area contributed by atoms with Crippen LogP contribution in [-0.4, -0.2) is 48.6 Å². The Morgan fingerprint density at radius 1 is 1.24 bits per heavy atom. The minimum absolute atomic E-state index is 0.126. The number of carboxylic acid groups (broad SMARTS) is 1. The maximum absolute atomic E-state index is 12.4. The van der Waals surface area contributed by atoms with Crippen LogP contribution in [0.5, 0.6) is 0 Å². The lowest BCUT2D eigenvalue weighted by atomic mass is 9.98. The summed E-state index contributed by atoms with van der Waals surface area (Å²) in [6.45, 7) is 1.92. The van der Waals surface area contributed by atoms with Crippen molar-refractivity contribution in [3.8, 4) is 0 Å². The summed E-state index contributed by atoms with van der Waals surface area (Å²) in [7, 11) is -3.32. The maximum atomic E-state index is 12.4. The molecule has 1 amide bonds. The fourth-order valence-corrected chi connectivity index (χ4v) is 3.14. The number of hydrogen-bond acceptors (Lipinski definition) is 4. The van der Waals surface area contributed by atoms with Crippen molar-refractivity contribution in [3.63, 3.8) is 0 Å². The summed E-state index contributed by atoms with van der Waals surface area (Å²) in [5.41, 5.74) is -0.913. The van der Waals surface area contributed by atoms with Crippen molar-refractivity contribution in [1.82, 2.24) is 4.90 Å². The molecule has 1 aliphatic rings. The lowest BCUT2D eigenvalue weighted by Gasteiger charge is -2.31. The van der Waals surface area contributed by atoms with Gasteiger partial charge in [-0.05, 0) is 44.0 Å². The minimum Gasteiger partial charge on any atom is -0.480 e. The third-order valence-electron chi connectivity index (χ3n) is 3.88. The molecule has 1 heterocycles. The first kappa shape index (κ1) is 15.5. The maximum Gasteiger partial charge on any atom is 0.329 e. The largest absolute Gasteiger partial charge is 0.480 e. The van der Waals surface area contributed by atoms with Crippen molar-refractivity contribution in [2.45, 2.75) is 30.2 Å². The van der Waals surface area contributed by atoms with E-state index < -0.39 is 27.3 Å². The SMILES string of the molecule is CC1(C(=O)O)CCCN1C(=O)c1ccc(S(C)(=O)=O)cc1. The summed E-state index contributed by atoms with van der Waals surface area (Å²) in [5.74, 6) is -1.42. The summed E-state index contributed by atoms with van der Waals surface area (Å²) in [6, 6.07) is 5.55. The van der Waals surface area contributed by atoms with Crippen LogP contribution in [0.3, 0.4) is 0 Å². The van der Waals surface area contributed by atoms with Crippen molar-refractivity contribution in [1.29, 1.82) is 0 Å². The van der Waals surface area contributed by atoms with Gasteiger partial charge in [-0.15, -0.1) is 0 Å². The number of rotatable bonds is 3. The van der Waals surface area contributed by atoms with Crippen molar-refractivity contribution < 1.29 is 23.1 Å². The van der Waals surface area contributed by atoms with Crippen LogP contribution < -0.4 is 0 Å². The summed E-state index contributed by atoms with van der Waals surface area (Å²) < 4.78 is 22.8. The van der Waals surface area contributed by atoms with E-state index in [0.29, 0.717) is 19.4 Å². The number of amides is 1. The number of hydrogen-bond donors (Lipinski definition) is 1. The molecular weight excluding hydrogens is 294 g/mol. The van der Waals surface area contributed by atoms with Crippen LogP contribution in [0, 0.1) is 0 Å². The number of aliphatic carboxylic acids is 1. The van der Waals surface area contributed by atoms with E-state index in [9.17, 15) is 23.1 Å². The zero-order chi connectivity index (χ0) is 15.8. The predicted molar refractivity (Wildman–Crippen MR) is 75.9 cm³/mol.